The van der Waals surface area contributed by atoms with Gasteiger partial charge in [-0.15, -0.1) is 0 Å². The first-order valence-electron chi connectivity index (χ1n) is 7.07. The summed E-state index contributed by atoms with van der Waals surface area (Å²) in [5.41, 5.74) is -0.117. The summed E-state index contributed by atoms with van der Waals surface area (Å²) in [6.07, 6.45) is 6.04. The monoisotopic (exact) mass is 316 g/mol. The minimum Gasteiger partial charge on any atom is -0.377 e. The normalized spacial score (nSPS) is 15.9. The van der Waals surface area contributed by atoms with Gasteiger partial charge in [-0.3, -0.25) is 10.1 Å². The Labute approximate surface area is 127 Å². The number of hydrogen-bond acceptors (Lipinski definition) is 4. The van der Waals surface area contributed by atoms with Gasteiger partial charge in [-0.05, 0) is 12.8 Å². The molecule has 1 N–H and O–H groups in total. The van der Waals surface area contributed by atoms with Crippen LogP contribution in [-0.4, -0.2) is 24.2 Å². The highest BCUT2D eigenvalue weighted by molar-refractivity contribution is 6.31. The molecule has 5 nitrogen and oxygen atoms in total. The third kappa shape index (κ3) is 4.54. The van der Waals surface area contributed by atoms with Gasteiger partial charge in [0.1, 0.15) is 11.5 Å². The van der Waals surface area contributed by atoms with Crippen LogP contribution in [-0.2, 0) is 4.74 Å². The molecule has 0 heterocycles. The highest BCUT2D eigenvalue weighted by Crippen LogP contribution is 2.30. The van der Waals surface area contributed by atoms with Crippen molar-refractivity contribution in [2.24, 2.45) is 0 Å². The van der Waals surface area contributed by atoms with Crippen LogP contribution >= 0.6 is 11.6 Å². The third-order valence-electron chi connectivity index (χ3n) is 3.56. The number of benzene rings is 1. The molecule has 1 aromatic rings. The third-order valence-corrected chi connectivity index (χ3v) is 3.85. The molecule has 116 valence electrons. The zero-order valence-corrected chi connectivity index (χ0v) is 12.4. The molecular formula is C14H18ClFN2O3. The number of nitrogens with zero attached hydrogens (tertiary/aromatic N) is 1. The van der Waals surface area contributed by atoms with Gasteiger partial charge in [0.25, 0.3) is 5.69 Å². The Hall–Kier alpha value is -1.40. The van der Waals surface area contributed by atoms with Gasteiger partial charge in [-0.25, -0.2) is 4.39 Å². The van der Waals surface area contributed by atoms with Crippen molar-refractivity contribution in [3.05, 3.63) is 33.1 Å². The molecule has 21 heavy (non-hydrogen) atoms. The van der Waals surface area contributed by atoms with E-state index in [9.17, 15) is 14.5 Å². The predicted molar refractivity (Wildman–Crippen MR) is 79.4 cm³/mol. The number of anilines is 1. The number of halogens is 2. The molecule has 1 fully saturated rings. The Bertz CT molecular complexity index is 507. The van der Waals surface area contributed by atoms with E-state index in [-0.39, 0.29) is 22.5 Å². The van der Waals surface area contributed by atoms with Crippen molar-refractivity contribution in [2.45, 2.75) is 38.2 Å². The smallest absolute Gasteiger partial charge is 0.294 e. The van der Waals surface area contributed by atoms with E-state index in [4.69, 9.17) is 16.3 Å². The molecule has 1 aromatic carbocycles. The Morgan fingerprint density at radius 3 is 2.76 bits per heavy atom. The van der Waals surface area contributed by atoms with Crippen LogP contribution in [0.25, 0.3) is 0 Å². The lowest BCUT2D eigenvalue weighted by molar-refractivity contribution is -0.384. The van der Waals surface area contributed by atoms with Gasteiger partial charge in [-0.1, -0.05) is 30.9 Å². The van der Waals surface area contributed by atoms with E-state index in [1.807, 2.05) is 0 Å². The summed E-state index contributed by atoms with van der Waals surface area (Å²) in [6, 6.07) is 2.06. The second kappa shape index (κ2) is 7.56. The van der Waals surface area contributed by atoms with Crippen LogP contribution in [0.3, 0.4) is 0 Å². The van der Waals surface area contributed by atoms with Crippen molar-refractivity contribution in [3.63, 3.8) is 0 Å². The quantitative estimate of drug-likeness (QED) is 0.486. The maximum atomic E-state index is 13.4. The highest BCUT2D eigenvalue weighted by atomic mass is 35.5. The molecule has 1 aliphatic rings. The minimum atomic E-state index is -0.682. The van der Waals surface area contributed by atoms with Gasteiger partial charge in [0.2, 0.25) is 0 Å². The fourth-order valence-electron chi connectivity index (χ4n) is 2.47. The topological polar surface area (TPSA) is 64.4 Å². The zero-order valence-electron chi connectivity index (χ0n) is 11.6. The zero-order chi connectivity index (χ0) is 15.2. The molecule has 0 bridgehead atoms. The first kappa shape index (κ1) is 16.0. The van der Waals surface area contributed by atoms with Crippen LogP contribution in [0.15, 0.2) is 12.1 Å². The summed E-state index contributed by atoms with van der Waals surface area (Å²) in [5.74, 6) is -0.682. The predicted octanol–water partition coefficient (Wildman–Crippen LogP) is 4.15. The Morgan fingerprint density at radius 1 is 1.38 bits per heavy atom. The summed E-state index contributed by atoms with van der Waals surface area (Å²) in [7, 11) is 0. The van der Waals surface area contributed by atoms with Crippen LogP contribution in [0.2, 0.25) is 5.02 Å². The fraction of sp³-hybridized carbons (Fsp3) is 0.571. The number of nitro groups is 1. The lowest BCUT2D eigenvalue weighted by Gasteiger charge is -2.22. The minimum absolute atomic E-state index is 0.120. The molecule has 0 atom stereocenters. The number of nitro benzene ring substituents is 1. The van der Waals surface area contributed by atoms with E-state index in [0.29, 0.717) is 13.2 Å². The van der Waals surface area contributed by atoms with Crippen molar-refractivity contribution in [2.75, 3.05) is 18.5 Å². The molecule has 2 rings (SSSR count). The van der Waals surface area contributed by atoms with Gasteiger partial charge < -0.3 is 10.1 Å². The van der Waals surface area contributed by atoms with Crippen LogP contribution in [0.1, 0.15) is 32.1 Å². The molecule has 7 heteroatoms. The van der Waals surface area contributed by atoms with Crippen molar-refractivity contribution in [3.8, 4) is 0 Å². The van der Waals surface area contributed by atoms with Gasteiger partial charge in [-0.2, -0.15) is 0 Å². The summed E-state index contributed by atoms with van der Waals surface area (Å²) in [6.45, 7) is 0.824. The Kier molecular flexibility index (Phi) is 5.76. The van der Waals surface area contributed by atoms with Crippen molar-refractivity contribution in [1.82, 2.24) is 0 Å². The van der Waals surface area contributed by atoms with Crippen molar-refractivity contribution >= 4 is 23.0 Å². The maximum absolute atomic E-state index is 13.4. The summed E-state index contributed by atoms with van der Waals surface area (Å²) >= 11 is 5.56. The molecule has 0 spiro atoms. The van der Waals surface area contributed by atoms with E-state index in [0.717, 1.165) is 25.0 Å². The largest absolute Gasteiger partial charge is 0.377 e. The highest BCUT2D eigenvalue weighted by Gasteiger charge is 2.18. The number of nitrogens with one attached hydrogen (secondary N) is 1. The molecular weight excluding hydrogens is 299 g/mol. The standard InChI is InChI=1S/C14H18ClFN2O3/c15-11-8-14(18(19)20)13(9-12(11)16)17-6-7-21-10-4-2-1-3-5-10/h8-10,17H,1-7H2. The molecule has 1 saturated carbocycles. The van der Waals surface area contributed by atoms with E-state index in [1.54, 1.807) is 0 Å². The van der Waals surface area contributed by atoms with E-state index >= 15 is 0 Å². The SMILES string of the molecule is O=[N+]([O-])c1cc(Cl)c(F)cc1NCCOC1CCCCC1. The van der Waals surface area contributed by atoms with Crippen LogP contribution in [0.4, 0.5) is 15.8 Å². The van der Waals surface area contributed by atoms with Crippen LogP contribution in [0.5, 0.6) is 0 Å². The van der Waals surface area contributed by atoms with Crippen molar-refractivity contribution in [1.29, 1.82) is 0 Å². The Morgan fingerprint density at radius 2 is 2.10 bits per heavy atom. The lowest BCUT2D eigenvalue weighted by Crippen LogP contribution is -2.20. The van der Waals surface area contributed by atoms with Gasteiger partial charge in [0, 0.05) is 18.7 Å². The summed E-state index contributed by atoms with van der Waals surface area (Å²) < 4.78 is 19.1. The van der Waals surface area contributed by atoms with E-state index in [2.05, 4.69) is 5.32 Å². The van der Waals surface area contributed by atoms with Crippen LogP contribution < -0.4 is 5.32 Å². The second-order valence-corrected chi connectivity index (χ2v) is 5.51. The molecule has 0 aromatic heterocycles. The van der Waals surface area contributed by atoms with Gasteiger partial charge in [0.05, 0.1) is 22.7 Å². The molecule has 0 radical (unpaired) electrons. The molecule has 0 aliphatic heterocycles. The first-order chi connectivity index (χ1) is 10.1. The van der Waals surface area contributed by atoms with Crippen molar-refractivity contribution < 1.29 is 14.1 Å². The van der Waals surface area contributed by atoms with E-state index < -0.39 is 10.7 Å². The average molecular weight is 317 g/mol. The fourth-order valence-corrected chi connectivity index (χ4v) is 2.63. The van der Waals surface area contributed by atoms with Crippen LogP contribution in [0, 0.1) is 15.9 Å². The number of hydrogen-bond donors (Lipinski definition) is 1. The number of rotatable bonds is 6. The molecule has 0 unspecified atom stereocenters. The summed E-state index contributed by atoms with van der Waals surface area (Å²) in [5, 5.41) is 13.5. The number of ether oxygens (including phenoxy) is 1. The molecule has 1 aliphatic carbocycles. The second-order valence-electron chi connectivity index (χ2n) is 5.10. The van der Waals surface area contributed by atoms with E-state index in [1.165, 1.54) is 19.3 Å². The lowest BCUT2D eigenvalue weighted by atomic mass is 9.98. The average Bonchev–Trinajstić information content (AvgIpc) is 2.47. The Balaban J connectivity index is 1.87. The van der Waals surface area contributed by atoms with Gasteiger partial charge >= 0.3 is 0 Å². The van der Waals surface area contributed by atoms with Gasteiger partial charge in [0.15, 0.2) is 0 Å². The maximum Gasteiger partial charge on any atom is 0.294 e. The first-order valence-corrected chi connectivity index (χ1v) is 7.44. The molecule has 0 amide bonds. The summed E-state index contributed by atoms with van der Waals surface area (Å²) in [4.78, 5) is 10.3. The molecule has 0 saturated heterocycles.